The first kappa shape index (κ1) is 13.0. The van der Waals surface area contributed by atoms with Crippen molar-refractivity contribution in [3.63, 3.8) is 0 Å². The maximum atomic E-state index is 12.5. The molecule has 0 saturated carbocycles. The molecular formula is C15H19N3O2. The lowest BCUT2D eigenvalue weighted by atomic mass is 10.1. The minimum atomic E-state index is 0.0721. The number of piperazine rings is 1. The van der Waals surface area contributed by atoms with Crippen LogP contribution in [-0.2, 0) is 11.2 Å². The van der Waals surface area contributed by atoms with Crippen LogP contribution in [0, 0.1) is 0 Å². The van der Waals surface area contributed by atoms with Crippen LogP contribution in [-0.4, -0.2) is 54.3 Å². The zero-order valence-electron chi connectivity index (χ0n) is 11.7. The third-order valence-electron chi connectivity index (χ3n) is 4.07. The third kappa shape index (κ3) is 2.35. The number of hydrogen-bond donors (Lipinski definition) is 1. The molecule has 20 heavy (non-hydrogen) atoms. The van der Waals surface area contributed by atoms with Crippen LogP contribution in [0.1, 0.15) is 22.8 Å². The second kappa shape index (κ2) is 5.15. The molecule has 0 spiro atoms. The lowest BCUT2D eigenvalue weighted by Crippen LogP contribution is -2.50. The molecule has 3 rings (SSSR count). The molecule has 2 aliphatic heterocycles. The number of nitrogens with one attached hydrogen (secondary N) is 1. The number of nitrogens with zero attached hydrogens (tertiary/aromatic N) is 2. The molecule has 5 heteroatoms. The fourth-order valence-electron chi connectivity index (χ4n) is 2.84. The van der Waals surface area contributed by atoms with Crippen LogP contribution in [0.5, 0.6) is 0 Å². The van der Waals surface area contributed by atoms with E-state index >= 15 is 0 Å². The Morgan fingerprint density at radius 2 is 1.80 bits per heavy atom. The van der Waals surface area contributed by atoms with E-state index in [4.69, 9.17) is 0 Å². The smallest absolute Gasteiger partial charge is 0.253 e. The zero-order chi connectivity index (χ0) is 14.1. The highest BCUT2D eigenvalue weighted by molar-refractivity contribution is 5.95. The highest BCUT2D eigenvalue weighted by atomic mass is 16.2. The molecule has 1 N–H and O–H groups in total. The summed E-state index contributed by atoms with van der Waals surface area (Å²) in [6.45, 7) is 5.03. The standard InChI is InChI=1S/C15H19N3O2/c1-11(19)17-6-8-18(9-7-17)15(20)13-2-3-14-12(10-13)4-5-16-14/h2-3,10,16H,4-9H2,1H3. The van der Waals surface area contributed by atoms with E-state index in [0.717, 1.165) is 24.2 Å². The maximum absolute atomic E-state index is 12.5. The van der Waals surface area contributed by atoms with Gasteiger partial charge in [-0.3, -0.25) is 9.59 Å². The Hall–Kier alpha value is -2.04. The van der Waals surface area contributed by atoms with Crippen LogP contribution in [0.3, 0.4) is 0 Å². The monoisotopic (exact) mass is 273 g/mol. The Kier molecular flexibility index (Phi) is 3.34. The second-order valence-electron chi connectivity index (χ2n) is 5.35. The van der Waals surface area contributed by atoms with Gasteiger partial charge in [0.05, 0.1) is 0 Å². The molecule has 2 heterocycles. The zero-order valence-corrected chi connectivity index (χ0v) is 11.7. The first-order chi connectivity index (χ1) is 9.65. The van der Waals surface area contributed by atoms with Gasteiger partial charge in [0.2, 0.25) is 5.91 Å². The molecule has 1 aromatic carbocycles. The van der Waals surface area contributed by atoms with Crippen LogP contribution in [0.15, 0.2) is 18.2 Å². The first-order valence-corrected chi connectivity index (χ1v) is 7.07. The summed E-state index contributed by atoms with van der Waals surface area (Å²) in [6, 6.07) is 5.87. The van der Waals surface area contributed by atoms with Crippen LogP contribution >= 0.6 is 0 Å². The number of benzene rings is 1. The van der Waals surface area contributed by atoms with Crippen LogP contribution in [0.2, 0.25) is 0 Å². The van der Waals surface area contributed by atoms with E-state index in [1.54, 1.807) is 11.8 Å². The van der Waals surface area contributed by atoms with Gasteiger partial charge in [-0.05, 0) is 30.2 Å². The Morgan fingerprint density at radius 3 is 2.50 bits per heavy atom. The molecule has 1 aromatic rings. The largest absolute Gasteiger partial charge is 0.384 e. The second-order valence-corrected chi connectivity index (χ2v) is 5.35. The predicted octanol–water partition coefficient (Wildman–Crippen LogP) is 0.959. The van der Waals surface area contributed by atoms with Crippen molar-refractivity contribution in [2.24, 2.45) is 0 Å². The Labute approximate surface area is 118 Å². The van der Waals surface area contributed by atoms with Gasteiger partial charge in [0, 0.05) is 50.9 Å². The molecule has 1 saturated heterocycles. The molecule has 2 aliphatic rings. The third-order valence-corrected chi connectivity index (χ3v) is 4.07. The predicted molar refractivity (Wildman–Crippen MR) is 76.8 cm³/mol. The Bertz CT molecular complexity index is 548. The van der Waals surface area contributed by atoms with Crippen molar-refractivity contribution in [3.05, 3.63) is 29.3 Å². The van der Waals surface area contributed by atoms with E-state index in [1.165, 1.54) is 5.56 Å². The number of anilines is 1. The topological polar surface area (TPSA) is 52.7 Å². The van der Waals surface area contributed by atoms with E-state index in [2.05, 4.69) is 5.32 Å². The molecule has 0 bridgehead atoms. The Morgan fingerprint density at radius 1 is 1.10 bits per heavy atom. The number of fused-ring (bicyclic) bond motifs is 1. The molecule has 2 amide bonds. The number of carbonyl (C=O) groups is 2. The number of carbonyl (C=O) groups excluding carboxylic acids is 2. The van der Waals surface area contributed by atoms with Crippen molar-refractivity contribution in [3.8, 4) is 0 Å². The van der Waals surface area contributed by atoms with Crippen molar-refractivity contribution in [2.75, 3.05) is 38.0 Å². The fraction of sp³-hybridized carbons (Fsp3) is 0.467. The number of amides is 2. The number of hydrogen-bond acceptors (Lipinski definition) is 3. The minimum Gasteiger partial charge on any atom is -0.384 e. The molecule has 0 atom stereocenters. The highest BCUT2D eigenvalue weighted by Crippen LogP contribution is 2.23. The van der Waals surface area contributed by atoms with Crippen molar-refractivity contribution in [1.82, 2.24) is 9.80 Å². The van der Waals surface area contributed by atoms with Crippen molar-refractivity contribution < 1.29 is 9.59 Å². The lowest BCUT2D eigenvalue weighted by Gasteiger charge is -2.34. The normalized spacial score (nSPS) is 17.6. The molecule has 106 valence electrons. The van der Waals surface area contributed by atoms with Gasteiger partial charge in [-0.25, -0.2) is 0 Å². The number of rotatable bonds is 1. The van der Waals surface area contributed by atoms with Crippen molar-refractivity contribution in [2.45, 2.75) is 13.3 Å². The van der Waals surface area contributed by atoms with E-state index in [0.29, 0.717) is 26.2 Å². The van der Waals surface area contributed by atoms with Gasteiger partial charge in [-0.1, -0.05) is 0 Å². The summed E-state index contributed by atoms with van der Waals surface area (Å²) >= 11 is 0. The van der Waals surface area contributed by atoms with E-state index in [1.807, 2.05) is 23.1 Å². The summed E-state index contributed by atoms with van der Waals surface area (Å²) in [7, 11) is 0. The quantitative estimate of drug-likeness (QED) is 0.829. The summed E-state index contributed by atoms with van der Waals surface area (Å²) < 4.78 is 0. The Balaban J connectivity index is 1.69. The van der Waals surface area contributed by atoms with E-state index in [-0.39, 0.29) is 11.8 Å². The average Bonchev–Trinajstić information content (AvgIpc) is 2.94. The van der Waals surface area contributed by atoms with Gasteiger partial charge in [0.15, 0.2) is 0 Å². The van der Waals surface area contributed by atoms with Crippen LogP contribution in [0.4, 0.5) is 5.69 Å². The summed E-state index contributed by atoms with van der Waals surface area (Å²) in [6.07, 6.45) is 0.981. The first-order valence-electron chi connectivity index (χ1n) is 7.07. The van der Waals surface area contributed by atoms with Gasteiger partial charge in [0.25, 0.3) is 5.91 Å². The molecule has 0 unspecified atom stereocenters. The summed E-state index contributed by atoms with van der Waals surface area (Å²) in [5.74, 6) is 0.156. The minimum absolute atomic E-state index is 0.0721. The molecule has 0 radical (unpaired) electrons. The van der Waals surface area contributed by atoms with Gasteiger partial charge in [-0.2, -0.15) is 0 Å². The van der Waals surface area contributed by atoms with Crippen molar-refractivity contribution in [1.29, 1.82) is 0 Å². The van der Waals surface area contributed by atoms with Gasteiger partial charge >= 0.3 is 0 Å². The van der Waals surface area contributed by atoms with Crippen LogP contribution in [0.25, 0.3) is 0 Å². The molecular weight excluding hydrogens is 254 g/mol. The summed E-state index contributed by atoms with van der Waals surface area (Å²) in [4.78, 5) is 27.4. The molecule has 0 aromatic heterocycles. The molecule has 1 fully saturated rings. The van der Waals surface area contributed by atoms with Gasteiger partial charge in [0.1, 0.15) is 0 Å². The fourth-order valence-corrected chi connectivity index (χ4v) is 2.84. The SMILES string of the molecule is CC(=O)N1CCN(C(=O)c2ccc3c(c2)CCN3)CC1. The van der Waals surface area contributed by atoms with Crippen LogP contribution < -0.4 is 5.32 Å². The lowest BCUT2D eigenvalue weighted by molar-refractivity contribution is -0.130. The summed E-state index contributed by atoms with van der Waals surface area (Å²) in [5, 5.41) is 3.29. The molecule has 5 nitrogen and oxygen atoms in total. The van der Waals surface area contributed by atoms with Gasteiger partial charge < -0.3 is 15.1 Å². The van der Waals surface area contributed by atoms with E-state index in [9.17, 15) is 9.59 Å². The summed E-state index contributed by atoms with van der Waals surface area (Å²) in [5.41, 5.74) is 3.12. The van der Waals surface area contributed by atoms with Crippen molar-refractivity contribution >= 4 is 17.5 Å². The molecule has 0 aliphatic carbocycles. The highest BCUT2D eigenvalue weighted by Gasteiger charge is 2.24. The average molecular weight is 273 g/mol. The van der Waals surface area contributed by atoms with Gasteiger partial charge in [-0.15, -0.1) is 0 Å². The maximum Gasteiger partial charge on any atom is 0.253 e. The van der Waals surface area contributed by atoms with E-state index < -0.39 is 0 Å².